The van der Waals surface area contributed by atoms with Crippen molar-refractivity contribution in [3.63, 3.8) is 0 Å². The standard InChI is InChI=1S/C22H33F2NO/c1-19-10-3-4-16(19)15-7-8-18-20(2,17(15)9-11-19)12-13-21(26,22(18,23)24)25-14-5-6-14/h8,14-17,25-26H,3-7,9-13H2,1-2H3/t15-,16-,17-,19-,20+,21?/m0/s1. The van der Waals surface area contributed by atoms with Crippen molar-refractivity contribution in [2.45, 2.75) is 95.7 Å². The maximum absolute atomic E-state index is 15.5. The predicted molar refractivity (Wildman–Crippen MR) is 97.8 cm³/mol. The fourth-order valence-electron chi connectivity index (χ4n) is 7.44. The molecule has 2 N–H and O–H groups in total. The number of fused-ring (bicyclic) bond motifs is 5. The third kappa shape index (κ3) is 2.21. The molecule has 5 rings (SSSR count). The first-order valence-corrected chi connectivity index (χ1v) is 10.8. The summed E-state index contributed by atoms with van der Waals surface area (Å²) in [5.74, 6) is -1.54. The molecule has 26 heavy (non-hydrogen) atoms. The average molecular weight is 366 g/mol. The molecule has 2 nitrogen and oxygen atoms in total. The molecule has 0 aromatic carbocycles. The number of hydrogen-bond donors (Lipinski definition) is 2. The van der Waals surface area contributed by atoms with Crippen molar-refractivity contribution in [3.8, 4) is 0 Å². The molecule has 4 heteroatoms. The van der Waals surface area contributed by atoms with Crippen LogP contribution in [0.4, 0.5) is 8.78 Å². The van der Waals surface area contributed by atoms with Crippen LogP contribution in [0, 0.1) is 28.6 Å². The summed E-state index contributed by atoms with van der Waals surface area (Å²) in [5.41, 5.74) is -1.82. The van der Waals surface area contributed by atoms with Crippen LogP contribution in [0.25, 0.3) is 0 Å². The maximum Gasteiger partial charge on any atom is 0.311 e. The lowest BCUT2D eigenvalue weighted by Gasteiger charge is -2.60. The molecule has 0 radical (unpaired) electrons. The summed E-state index contributed by atoms with van der Waals surface area (Å²) < 4.78 is 31.1. The molecule has 0 saturated heterocycles. The van der Waals surface area contributed by atoms with Crippen LogP contribution >= 0.6 is 0 Å². The van der Waals surface area contributed by atoms with Crippen LogP contribution in [0.1, 0.15) is 78.1 Å². The van der Waals surface area contributed by atoms with Gasteiger partial charge in [-0.3, -0.25) is 5.32 Å². The number of allylic oxidation sites excluding steroid dienone is 1. The lowest BCUT2D eigenvalue weighted by atomic mass is 9.47. The lowest BCUT2D eigenvalue weighted by Crippen LogP contribution is -2.67. The SMILES string of the molecule is C[C@@]12CCC[C@H]1[C@@H]1CC=C3C(F)(F)C(O)(NC4CC4)CC[C@]3(C)[C@H]1CC2. The van der Waals surface area contributed by atoms with Crippen LogP contribution in [0.5, 0.6) is 0 Å². The van der Waals surface area contributed by atoms with Crippen LogP contribution in [-0.4, -0.2) is 22.8 Å². The Kier molecular flexibility index (Phi) is 3.60. The average Bonchev–Trinajstić information content (AvgIpc) is 3.29. The largest absolute Gasteiger partial charge is 0.370 e. The number of hydrogen-bond acceptors (Lipinski definition) is 2. The van der Waals surface area contributed by atoms with E-state index in [-0.39, 0.29) is 18.0 Å². The van der Waals surface area contributed by atoms with Gasteiger partial charge in [-0.25, -0.2) is 0 Å². The van der Waals surface area contributed by atoms with E-state index in [1.165, 1.54) is 25.7 Å². The van der Waals surface area contributed by atoms with Gasteiger partial charge >= 0.3 is 5.92 Å². The number of aliphatic hydroxyl groups is 1. The second-order valence-corrected chi connectivity index (χ2v) is 10.6. The molecule has 5 aliphatic rings. The molecule has 1 unspecified atom stereocenters. The first kappa shape index (κ1) is 17.6. The summed E-state index contributed by atoms with van der Waals surface area (Å²) in [6.07, 6.45) is 11.4. The van der Waals surface area contributed by atoms with Crippen molar-refractivity contribution < 1.29 is 13.9 Å². The minimum Gasteiger partial charge on any atom is -0.370 e. The Morgan fingerprint density at radius 1 is 1.00 bits per heavy atom. The Morgan fingerprint density at radius 3 is 2.50 bits per heavy atom. The number of alkyl halides is 2. The fraction of sp³-hybridized carbons (Fsp3) is 0.909. The van der Waals surface area contributed by atoms with Crippen LogP contribution in [0.2, 0.25) is 0 Å². The number of nitrogens with one attached hydrogen (secondary N) is 1. The van der Waals surface area contributed by atoms with Gasteiger partial charge in [0.15, 0.2) is 5.72 Å². The summed E-state index contributed by atoms with van der Waals surface area (Å²) >= 11 is 0. The molecule has 4 saturated carbocycles. The zero-order valence-electron chi connectivity index (χ0n) is 16.2. The Balaban J connectivity index is 1.50. The highest BCUT2D eigenvalue weighted by atomic mass is 19.3. The van der Waals surface area contributed by atoms with E-state index in [4.69, 9.17) is 0 Å². The Labute approximate surface area is 155 Å². The molecule has 0 heterocycles. The zero-order chi connectivity index (χ0) is 18.4. The monoisotopic (exact) mass is 365 g/mol. The van der Waals surface area contributed by atoms with Gasteiger partial charge in [0, 0.05) is 11.6 Å². The zero-order valence-corrected chi connectivity index (χ0v) is 16.2. The van der Waals surface area contributed by atoms with Crippen LogP contribution in [0.3, 0.4) is 0 Å². The van der Waals surface area contributed by atoms with Crippen molar-refractivity contribution >= 4 is 0 Å². The quantitative estimate of drug-likeness (QED) is 0.532. The molecule has 0 amide bonds. The van der Waals surface area contributed by atoms with Crippen molar-refractivity contribution in [2.75, 3.05) is 0 Å². The lowest BCUT2D eigenvalue weighted by molar-refractivity contribution is -0.217. The van der Waals surface area contributed by atoms with Crippen LogP contribution in [0.15, 0.2) is 11.6 Å². The minimum absolute atomic E-state index is 0.0704. The van der Waals surface area contributed by atoms with Gasteiger partial charge in [-0.2, -0.15) is 8.78 Å². The molecule has 5 aliphatic carbocycles. The van der Waals surface area contributed by atoms with E-state index in [0.717, 1.165) is 25.7 Å². The summed E-state index contributed by atoms with van der Waals surface area (Å²) in [5, 5.41) is 13.7. The summed E-state index contributed by atoms with van der Waals surface area (Å²) in [7, 11) is 0. The van der Waals surface area contributed by atoms with Gasteiger partial charge in [-0.15, -0.1) is 0 Å². The molecule has 4 fully saturated rings. The smallest absolute Gasteiger partial charge is 0.311 e. The van der Waals surface area contributed by atoms with E-state index in [1.54, 1.807) is 0 Å². The first-order chi connectivity index (χ1) is 12.2. The van der Waals surface area contributed by atoms with Gasteiger partial charge in [0.1, 0.15) is 0 Å². The molecule has 0 bridgehead atoms. The van der Waals surface area contributed by atoms with Crippen LogP contribution in [-0.2, 0) is 0 Å². The van der Waals surface area contributed by atoms with Crippen LogP contribution < -0.4 is 5.32 Å². The number of halogens is 2. The third-order valence-corrected chi connectivity index (χ3v) is 9.13. The van der Waals surface area contributed by atoms with Crippen molar-refractivity contribution in [1.82, 2.24) is 5.32 Å². The van der Waals surface area contributed by atoms with Gasteiger partial charge in [-0.05, 0) is 86.4 Å². The van der Waals surface area contributed by atoms with Crippen molar-refractivity contribution in [3.05, 3.63) is 11.6 Å². The fourth-order valence-corrected chi connectivity index (χ4v) is 7.44. The Morgan fingerprint density at radius 2 is 1.77 bits per heavy atom. The summed E-state index contributed by atoms with van der Waals surface area (Å²) in [6.45, 7) is 4.52. The van der Waals surface area contributed by atoms with E-state index in [1.807, 2.05) is 6.08 Å². The van der Waals surface area contributed by atoms with Gasteiger partial charge in [0.05, 0.1) is 0 Å². The number of rotatable bonds is 2. The maximum atomic E-state index is 15.5. The van der Waals surface area contributed by atoms with E-state index in [2.05, 4.69) is 19.2 Å². The Bertz CT molecular complexity index is 644. The minimum atomic E-state index is -3.16. The molecule has 0 aromatic heterocycles. The Hall–Kier alpha value is -0.480. The van der Waals surface area contributed by atoms with E-state index >= 15 is 8.78 Å². The molecule has 0 aliphatic heterocycles. The second-order valence-electron chi connectivity index (χ2n) is 10.6. The first-order valence-electron chi connectivity index (χ1n) is 10.8. The summed E-state index contributed by atoms with van der Waals surface area (Å²) in [6, 6.07) is 0.0704. The molecule has 0 aromatic rings. The van der Waals surface area contributed by atoms with Gasteiger partial charge in [0.25, 0.3) is 0 Å². The topological polar surface area (TPSA) is 32.3 Å². The third-order valence-electron chi connectivity index (χ3n) is 9.13. The van der Waals surface area contributed by atoms with E-state index < -0.39 is 17.1 Å². The molecular formula is C22H33F2NO. The van der Waals surface area contributed by atoms with Crippen molar-refractivity contribution in [1.29, 1.82) is 0 Å². The van der Waals surface area contributed by atoms with Crippen molar-refractivity contribution in [2.24, 2.45) is 28.6 Å². The summed E-state index contributed by atoms with van der Waals surface area (Å²) in [4.78, 5) is 0. The highest BCUT2D eigenvalue weighted by Gasteiger charge is 2.67. The second kappa shape index (κ2) is 5.31. The van der Waals surface area contributed by atoms with Gasteiger partial charge < -0.3 is 5.11 Å². The normalized spacial score (nSPS) is 52.7. The highest BCUT2D eigenvalue weighted by molar-refractivity contribution is 5.34. The molecule has 146 valence electrons. The predicted octanol–water partition coefficient (Wildman–Crippen LogP) is 5.03. The highest BCUT2D eigenvalue weighted by Crippen LogP contribution is 2.67. The van der Waals surface area contributed by atoms with Gasteiger partial charge in [-0.1, -0.05) is 26.3 Å². The van der Waals surface area contributed by atoms with E-state index in [9.17, 15) is 5.11 Å². The molecular weight excluding hydrogens is 332 g/mol. The van der Waals surface area contributed by atoms with Gasteiger partial charge in [0.2, 0.25) is 0 Å². The van der Waals surface area contributed by atoms with E-state index in [0.29, 0.717) is 29.6 Å². The molecule has 6 atom stereocenters. The molecule has 0 spiro atoms.